The summed E-state index contributed by atoms with van der Waals surface area (Å²) < 4.78 is 15.0. The molecule has 0 spiro atoms. The summed E-state index contributed by atoms with van der Waals surface area (Å²) in [6.07, 6.45) is 0.262. The fourth-order valence-corrected chi connectivity index (χ4v) is 3.73. The molecule has 0 aliphatic carbocycles. The number of hydrogen-bond donors (Lipinski definition) is 1. The molecule has 0 radical (unpaired) electrons. The highest BCUT2D eigenvalue weighted by Gasteiger charge is 2.16. The molecular formula is C25H31FN4O. The molecule has 2 aromatic carbocycles. The van der Waals surface area contributed by atoms with Gasteiger partial charge in [-0.1, -0.05) is 38.1 Å². The summed E-state index contributed by atoms with van der Waals surface area (Å²) in [4.78, 5) is 15.0. The summed E-state index contributed by atoms with van der Waals surface area (Å²) >= 11 is 0. The van der Waals surface area contributed by atoms with Gasteiger partial charge in [-0.25, -0.2) is 9.07 Å². The molecule has 5 nitrogen and oxygen atoms in total. The number of nitrogens with zero attached hydrogens (tertiary/aromatic N) is 3. The summed E-state index contributed by atoms with van der Waals surface area (Å²) in [6, 6.07) is 14.5. The van der Waals surface area contributed by atoms with E-state index in [0.29, 0.717) is 6.54 Å². The van der Waals surface area contributed by atoms with Crippen molar-refractivity contribution < 1.29 is 9.18 Å². The number of carbonyl (C=O) groups excluding carboxylic acids is 1. The molecule has 1 aromatic heterocycles. The highest BCUT2D eigenvalue weighted by atomic mass is 19.1. The summed E-state index contributed by atoms with van der Waals surface area (Å²) in [6.45, 7) is 11.6. The monoisotopic (exact) mass is 422 g/mol. The molecule has 1 heterocycles. The summed E-state index contributed by atoms with van der Waals surface area (Å²) in [7, 11) is 0. The van der Waals surface area contributed by atoms with Gasteiger partial charge in [-0.15, -0.1) is 0 Å². The second-order valence-corrected chi connectivity index (χ2v) is 7.77. The standard InChI is InChI=1S/C25H31FN4O/c1-5-29(6-2)17-21-9-7-8-20(14-21)16-27-25(31)15-24-18(3)28-30(19(24)4)23-12-10-22(26)11-13-23/h7-14H,5-6,15-17H2,1-4H3,(H,27,31). The van der Waals surface area contributed by atoms with Crippen LogP contribution in [-0.2, 0) is 24.3 Å². The Kier molecular flexibility index (Phi) is 7.58. The molecule has 31 heavy (non-hydrogen) atoms. The normalized spacial score (nSPS) is 11.2. The van der Waals surface area contributed by atoms with Gasteiger partial charge < -0.3 is 5.32 Å². The second-order valence-electron chi connectivity index (χ2n) is 7.77. The lowest BCUT2D eigenvalue weighted by molar-refractivity contribution is -0.120. The smallest absolute Gasteiger partial charge is 0.224 e. The van der Waals surface area contributed by atoms with Crippen LogP contribution in [0.25, 0.3) is 5.69 Å². The Morgan fingerprint density at radius 3 is 2.42 bits per heavy atom. The molecule has 0 aliphatic rings. The molecule has 0 fully saturated rings. The number of halogens is 1. The quantitative estimate of drug-likeness (QED) is 0.558. The van der Waals surface area contributed by atoms with Crippen LogP contribution in [0.1, 0.15) is 41.9 Å². The lowest BCUT2D eigenvalue weighted by Crippen LogP contribution is -2.25. The Labute approximate surface area is 183 Å². The first kappa shape index (κ1) is 22.7. The zero-order valence-corrected chi connectivity index (χ0v) is 18.8. The zero-order valence-electron chi connectivity index (χ0n) is 18.8. The molecule has 3 aromatic rings. The van der Waals surface area contributed by atoms with Crippen molar-refractivity contribution in [1.82, 2.24) is 20.0 Å². The van der Waals surface area contributed by atoms with Crippen molar-refractivity contribution in [1.29, 1.82) is 0 Å². The molecule has 0 bridgehead atoms. The molecular weight excluding hydrogens is 391 g/mol. The molecule has 0 unspecified atom stereocenters. The van der Waals surface area contributed by atoms with Crippen molar-refractivity contribution in [2.24, 2.45) is 0 Å². The van der Waals surface area contributed by atoms with Gasteiger partial charge in [-0.2, -0.15) is 5.10 Å². The molecule has 1 amide bonds. The maximum Gasteiger partial charge on any atom is 0.224 e. The number of aryl methyl sites for hydroxylation is 1. The van der Waals surface area contributed by atoms with Crippen molar-refractivity contribution in [2.75, 3.05) is 13.1 Å². The van der Waals surface area contributed by atoms with Gasteiger partial charge >= 0.3 is 0 Å². The Hall–Kier alpha value is -2.99. The van der Waals surface area contributed by atoms with Crippen LogP contribution in [0.2, 0.25) is 0 Å². The van der Waals surface area contributed by atoms with Gasteiger partial charge in [-0.3, -0.25) is 9.69 Å². The van der Waals surface area contributed by atoms with Crippen LogP contribution in [-0.4, -0.2) is 33.7 Å². The molecule has 6 heteroatoms. The third kappa shape index (κ3) is 5.79. The topological polar surface area (TPSA) is 50.2 Å². The van der Waals surface area contributed by atoms with Gasteiger partial charge in [-0.05, 0) is 62.3 Å². The van der Waals surface area contributed by atoms with Crippen molar-refractivity contribution in [2.45, 2.75) is 47.2 Å². The van der Waals surface area contributed by atoms with Crippen LogP contribution in [0, 0.1) is 19.7 Å². The average Bonchev–Trinajstić information content (AvgIpc) is 3.05. The third-order valence-corrected chi connectivity index (χ3v) is 5.63. The van der Waals surface area contributed by atoms with Crippen molar-refractivity contribution >= 4 is 5.91 Å². The van der Waals surface area contributed by atoms with Crippen molar-refractivity contribution in [3.8, 4) is 5.69 Å². The number of carbonyl (C=O) groups is 1. The van der Waals surface area contributed by atoms with Crippen LogP contribution in [0.5, 0.6) is 0 Å². The molecule has 0 saturated carbocycles. The minimum Gasteiger partial charge on any atom is -0.352 e. The van der Waals surface area contributed by atoms with Gasteiger partial charge in [0.25, 0.3) is 0 Å². The van der Waals surface area contributed by atoms with E-state index in [-0.39, 0.29) is 18.1 Å². The number of aromatic nitrogens is 2. The van der Waals surface area contributed by atoms with E-state index in [1.165, 1.54) is 17.7 Å². The predicted molar refractivity (Wildman–Crippen MR) is 122 cm³/mol. The van der Waals surface area contributed by atoms with Crippen molar-refractivity contribution in [3.05, 3.63) is 82.4 Å². The van der Waals surface area contributed by atoms with E-state index in [4.69, 9.17) is 0 Å². The highest BCUT2D eigenvalue weighted by Crippen LogP contribution is 2.19. The van der Waals surface area contributed by atoms with E-state index in [1.807, 2.05) is 26.0 Å². The lowest BCUT2D eigenvalue weighted by atomic mass is 10.1. The number of rotatable bonds is 9. The average molecular weight is 423 g/mol. The first-order chi connectivity index (χ1) is 14.9. The van der Waals surface area contributed by atoms with Crippen LogP contribution < -0.4 is 5.32 Å². The van der Waals surface area contributed by atoms with Crippen LogP contribution in [0.3, 0.4) is 0 Å². The first-order valence-electron chi connectivity index (χ1n) is 10.8. The highest BCUT2D eigenvalue weighted by molar-refractivity contribution is 5.79. The summed E-state index contributed by atoms with van der Waals surface area (Å²) in [5, 5.41) is 7.57. The van der Waals surface area contributed by atoms with Crippen molar-refractivity contribution in [3.63, 3.8) is 0 Å². The molecule has 0 saturated heterocycles. The van der Waals surface area contributed by atoms with Crippen LogP contribution in [0.15, 0.2) is 48.5 Å². The first-order valence-corrected chi connectivity index (χ1v) is 10.8. The number of benzene rings is 2. The summed E-state index contributed by atoms with van der Waals surface area (Å²) in [5.74, 6) is -0.329. The van der Waals surface area contributed by atoms with Gasteiger partial charge in [0.05, 0.1) is 17.8 Å². The Morgan fingerprint density at radius 2 is 1.74 bits per heavy atom. The van der Waals surface area contributed by atoms with E-state index in [9.17, 15) is 9.18 Å². The van der Waals surface area contributed by atoms with E-state index < -0.39 is 0 Å². The van der Waals surface area contributed by atoms with E-state index >= 15 is 0 Å². The molecule has 0 aliphatic heterocycles. The van der Waals surface area contributed by atoms with Gasteiger partial charge in [0.1, 0.15) is 5.82 Å². The second kappa shape index (κ2) is 10.4. The maximum absolute atomic E-state index is 13.2. The fourth-order valence-electron chi connectivity index (χ4n) is 3.73. The minimum absolute atomic E-state index is 0.0426. The van der Waals surface area contributed by atoms with Gasteiger partial charge in [0, 0.05) is 24.3 Å². The van der Waals surface area contributed by atoms with Gasteiger partial charge in [0.2, 0.25) is 5.91 Å². The van der Waals surface area contributed by atoms with E-state index in [0.717, 1.165) is 47.8 Å². The third-order valence-electron chi connectivity index (χ3n) is 5.63. The molecule has 0 atom stereocenters. The maximum atomic E-state index is 13.2. The van der Waals surface area contributed by atoms with E-state index in [2.05, 4.69) is 41.3 Å². The number of nitrogens with one attached hydrogen (secondary N) is 1. The Balaban J connectivity index is 1.63. The Morgan fingerprint density at radius 1 is 1.06 bits per heavy atom. The summed E-state index contributed by atoms with van der Waals surface area (Å²) in [5.41, 5.74) is 5.71. The lowest BCUT2D eigenvalue weighted by Gasteiger charge is -2.18. The number of amides is 1. The number of hydrogen-bond acceptors (Lipinski definition) is 3. The minimum atomic E-state index is -0.286. The van der Waals surface area contributed by atoms with Crippen LogP contribution in [0.4, 0.5) is 4.39 Å². The fraction of sp³-hybridized carbons (Fsp3) is 0.360. The molecule has 164 valence electrons. The van der Waals surface area contributed by atoms with Gasteiger partial charge in [0.15, 0.2) is 0 Å². The van der Waals surface area contributed by atoms with E-state index in [1.54, 1.807) is 16.8 Å². The largest absolute Gasteiger partial charge is 0.352 e. The van der Waals surface area contributed by atoms with Crippen LogP contribution >= 0.6 is 0 Å². The Bertz CT molecular complexity index is 1020. The SMILES string of the molecule is CCN(CC)Cc1cccc(CNC(=O)Cc2c(C)nn(-c3ccc(F)cc3)c2C)c1. The molecule has 1 N–H and O–H groups in total. The molecule has 3 rings (SSSR count). The zero-order chi connectivity index (χ0) is 22.4. The predicted octanol–water partition coefficient (Wildman–Crippen LogP) is 4.33.